The Hall–Kier alpha value is -2.22. The summed E-state index contributed by atoms with van der Waals surface area (Å²) in [6.07, 6.45) is 4.69. The highest BCUT2D eigenvalue weighted by molar-refractivity contribution is 7.80. The van der Waals surface area contributed by atoms with Crippen LogP contribution in [0.25, 0.3) is 0 Å². The van der Waals surface area contributed by atoms with E-state index in [1.807, 2.05) is 48.8 Å². The Morgan fingerprint density at radius 1 is 1.25 bits per heavy atom. The number of hydrogen-bond donors (Lipinski definition) is 1. The highest BCUT2D eigenvalue weighted by Gasteiger charge is 2.14. The fraction of sp³-hybridized carbons (Fsp3) is 0.429. The van der Waals surface area contributed by atoms with Gasteiger partial charge in [-0.1, -0.05) is 6.07 Å². The molecule has 1 aliphatic rings. The Morgan fingerprint density at radius 3 is 2.79 bits per heavy atom. The van der Waals surface area contributed by atoms with Gasteiger partial charge in [-0.25, -0.2) is 0 Å². The largest absolute Gasteiger partial charge is 0.497 e. The van der Waals surface area contributed by atoms with Crippen molar-refractivity contribution in [2.24, 2.45) is 0 Å². The molecule has 150 valence electrons. The van der Waals surface area contributed by atoms with Crippen molar-refractivity contribution in [2.45, 2.75) is 13.0 Å². The van der Waals surface area contributed by atoms with Gasteiger partial charge in [0.1, 0.15) is 5.75 Å². The van der Waals surface area contributed by atoms with E-state index in [9.17, 15) is 0 Å². The third-order valence-corrected chi connectivity index (χ3v) is 5.10. The zero-order chi connectivity index (χ0) is 19.6. The number of hydrogen-bond acceptors (Lipinski definition) is 5. The molecule has 0 bridgehead atoms. The molecule has 0 aliphatic carbocycles. The van der Waals surface area contributed by atoms with Crippen molar-refractivity contribution in [3.63, 3.8) is 0 Å². The first kappa shape index (κ1) is 20.5. The number of pyridine rings is 1. The number of benzene rings is 1. The molecule has 0 unspecified atom stereocenters. The van der Waals surface area contributed by atoms with Crippen molar-refractivity contribution < 1.29 is 9.47 Å². The molecule has 1 N–H and O–H groups in total. The number of methoxy groups -OCH3 is 1. The van der Waals surface area contributed by atoms with Crippen LogP contribution in [0.5, 0.6) is 5.75 Å². The van der Waals surface area contributed by atoms with E-state index in [4.69, 9.17) is 21.7 Å². The van der Waals surface area contributed by atoms with Gasteiger partial charge in [-0.2, -0.15) is 0 Å². The average Bonchev–Trinajstić information content (AvgIpc) is 2.74. The molecule has 1 aromatic carbocycles. The van der Waals surface area contributed by atoms with E-state index in [0.717, 1.165) is 63.8 Å². The monoisotopic (exact) mass is 400 g/mol. The van der Waals surface area contributed by atoms with Crippen molar-refractivity contribution in [1.29, 1.82) is 0 Å². The zero-order valence-electron chi connectivity index (χ0n) is 16.3. The number of anilines is 1. The van der Waals surface area contributed by atoms with Crippen molar-refractivity contribution >= 4 is 23.0 Å². The predicted octanol–water partition coefficient (Wildman–Crippen LogP) is 3.01. The van der Waals surface area contributed by atoms with E-state index in [1.165, 1.54) is 5.56 Å². The van der Waals surface area contributed by atoms with Crippen molar-refractivity contribution in [2.75, 3.05) is 51.8 Å². The molecule has 1 aromatic heterocycles. The number of ether oxygens (including phenoxy) is 2. The van der Waals surface area contributed by atoms with Gasteiger partial charge < -0.3 is 19.7 Å². The van der Waals surface area contributed by atoms with Crippen LogP contribution in [0.3, 0.4) is 0 Å². The fourth-order valence-electron chi connectivity index (χ4n) is 3.17. The lowest BCUT2D eigenvalue weighted by atomic mass is 10.2. The average molecular weight is 401 g/mol. The van der Waals surface area contributed by atoms with Gasteiger partial charge in [0.2, 0.25) is 0 Å². The van der Waals surface area contributed by atoms with Crippen LogP contribution >= 0.6 is 12.2 Å². The summed E-state index contributed by atoms with van der Waals surface area (Å²) in [4.78, 5) is 8.77. The molecule has 0 spiro atoms. The van der Waals surface area contributed by atoms with Gasteiger partial charge in [0.05, 0.1) is 20.3 Å². The van der Waals surface area contributed by atoms with Crippen LogP contribution in [0.1, 0.15) is 12.0 Å². The quantitative estimate of drug-likeness (QED) is 0.684. The van der Waals surface area contributed by atoms with Gasteiger partial charge in [-0.3, -0.25) is 9.88 Å². The summed E-state index contributed by atoms with van der Waals surface area (Å²) >= 11 is 5.73. The van der Waals surface area contributed by atoms with E-state index >= 15 is 0 Å². The van der Waals surface area contributed by atoms with Crippen LogP contribution < -0.4 is 10.1 Å². The molecule has 1 saturated heterocycles. The van der Waals surface area contributed by atoms with Gasteiger partial charge in [-0.15, -0.1) is 0 Å². The lowest BCUT2D eigenvalue weighted by molar-refractivity contribution is 0.0368. The maximum absolute atomic E-state index is 5.73. The second kappa shape index (κ2) is 10.9. The molecule has 0 amide bonds. The molecule has 2 aromatic rings. The molecular formula is C21H28N4O2S. The second-order valence-electron chi connectivity index (χ2n) is 6.75. The molecule has 0 atom stereocenters. The summed E-state index contributed by atoms with van der Waals surface area (Å²) < 4.78 is 10.7. The molecule has 0 radical (unpaired) electrons. The van der Waals surface area contributed by atoms with Gasteiger partial charge in [-0.05, 0) is 48.5 Å². The Kier molecular flexibility index (Phi) is 8.02. The Labute approximate surface area is 172 Å². The lowest BCUT2D eigenvalue weighted by Crippen LogP contribution is -2.40. The third-order valence-electron chi connectivity index (χ3n) is 4.74. The van der Waals surface area contributed by atoms with Crippen molar-refractivity contribution in [3.8, 4) is 5.75 Å². The van der Waals surface area contributed by atoms with Crippen LogP contribution in [0, 0.1) is 0 Å². The van der Waals surface area contributed by atoms with Crippen LogP contribution in [0.15, 0.2) is 48.8 Å². The van der Waals surface area contributed by atoms with Gasteiger partial charge in [0.15, 0.2) is 5.11 Å². The third kappa shape index (κ3) is 6.44. The Balaban J connectivity index is 1.61. The molecule has 0 saturated carbocycles. The minimum absolute atomic E-state index is 0.715. The van der Waals surface area contributed by atoms with E-state index in [-0.39, 0.29) is 0 Å². The molecule has 1 aliphatic heterocycles. The van der Waals surface area contributed by atoms with Gasteiger partial charge in [0, 0.05) is 56.9 Å². The first-order chi connectivity index (χ1) is 13.7. The highest BCUT2D eigenvalue weighted by Crippen LogP contribution is 2.18. The minimum Gasteiger partial charge on any atom is -0.497 e. The number of morpholine rings is 1. The zero-order valence-corrected chi connectivity index (χ0v) is 17.2. The first-order valence-corrected chi connectivity index (χ1v) is 10.0. The van der Waals surface area contributed by atoms with Gasteiger partial charge in [0.25, 0.3) is 0 Å². The van der Waals surface area contributed by atoms with Crippen LogP contribution in [0.4, 0.5) is 5.69 Å². The Bertz CT molecular complexity index is 738. The maximum Gasteiger partial charge on any atom is 0.173 e. The molecule has 6 nitrogen and oxygen atoms in total. The molecular weight excluding hydrogens is 372 g/mol. The molecule has 3 rings (SSSR count). The summed E-state index contributed by atoms with van der Waals surface area (Å²) in [5.41, 5.74) is 2.12. The maximum atomic E-state index is 5.73. The van der Waals surface area contributed by atoms with Crippen LogP contribution in [-0.2, 0) is 11.3 Å². The van der Waals surface area contributed by atoms with E-state index in [0.29, 0.717) is 5.11 Å². The number of rotatable bonds is 8. The molecule has 2 heterocycles. The molecule has 7 heteroatoms. The number of nitrogens with zero attached hydrogens (tertiary/aromatic N) is 3. The fourth-order valence-corrected chi connectivity index (χ4v) is 3.45. The second-order valence-corrected chi connectivity index (χ2v) is 7.13. The Morgan fingerprint density at radius 2 is 2.04 bits per heavy atom. The number of aromatic nitrogens is 1. The molecule has 28 heavy (non-hydrogen) atoms. The van der Waals surface area contributed by atoms with Gasteiger partial charge >= 0.3 is 0 Å². The summed E-state index contributed by atoms with van der Waals surface area (Å²) in [6, 6.07) is 11.9. The summed E-state index contributed by atoms with van der Waals surface area (Å²) in [5.74, 6) is 0.806. The summed E-state index contributed by atoms with van der Waals surface area (Å²) in [7, 11) is 1.67. The van der Waals surface area contributed by atoms with Crippen LogP contribution in [-0.4, -0.2) is 66.4 Å². The first-order valence-electron chi connectivity index (χ1n) is 9.63. The van der Waals surface area contributed by atoms with E-state index in [2.05, 4.69) is 20.1 Å². The smallest absolute Gasteiger partial charge is 0.173 e. The van der Waals surface area contributed by atoms with E-state index in [1.54, 1.807) is 7.11 Å². The summed E-state index contributed by atoms with van der Waals surface area (Å²) in [5, 5.41) is 4.07. The summed E-state index contributed by atoms with van der Waals surface area (Å²) in [6.45, 7) is 6.37. The van der Waals surface area contributed by atoms with E-state index < -0.39 is 0 Å². The number of thiocarbonyl (C=S) groups is 1. The van der Waals surface area contributed by atoms with Crippen LogP contribution in [0.2, 0.25) is 0 Å². The normalized spacial score (nSPS) is 14.5. The topological polar surface area (TPSA) is 49.9 Å². The standard InChI is InChI=1S/C21H28N4O2S/c1-26-20-5-2-4-19(16-20)23-21(28)25(17-18-6-8-22-9-7-18)11-3-10-24-12-14-27-15-13-24/h2,4-9,16H,3,10-15,17H2,1H3,(H,23,28). The number of nitrogens with one attached hydrogen (secondary N) is 1. The highest BCUT2D eigenvalue weighted by atomic mass is 32.1. The van der Waals surface area contributed by atoms with Crippen molar-refractivity contribution in [3.05, 3.63) is 54.4 Å². The molecule has 1 fully saturated rings. The minimum atomic E-state index is 0.715. The lowest BCUT2D eigenvalue weighted by Gasteiger charge is -2.29. The van der Waals surface area contributed by atoms with Crippen molar-refractivity contribution in [1.82, 2.24) is 14.8 Å². The SMILES string of the molecule is COc1cccc(NC(=S)N(CCCN2CCOCC2)Cc2ccncc2)c1. The predicted molar refractivity (Wildman–Crippen MR) is 116 cm³/mol.